The monoisotopic (exact) mass is 332 g/mol. The molecule has 1 unspecified atom stereocenters. The first-order chi connectivity index (χ1) is 10.8. The minimum Gasteiger partial charge on any atom is -0.338 e. The van der Waals surface area contributed by atoms with Gasteiger partial charge < -0.3 is 4.90 Å². The van der Waals surface area contributed by atoms with Gasteiger partial charge in [-0.1, -0.05) is 29.8 Å². The lowest BCUT2D eigenvalue weighted by atomic mass is 10.1. The number of carbonyl (C=O) groups is 1. The number of benzene rings is 1. The summed E-state index contributed by atoms with van der Waals surface area (Å²) in [6.45, 7) is 1.52. The third-order valence-electron chi connectivity index (χ3n) is 3.81. The Kier molecular flexibility index (Phi) is 5.01. The van der Waals surface area contributed by atoms with Crippen LogP contribution in [0.4, 0.5) is 0 Å². The van der Waals surface area contributed by atoms with Crippen molar-refractivity contribution in [3.05, 3.63) is 64.9 Å². The molecule has 1 fully saturated rings. The first-order valence-electron chi connectivity index (χ1n) is 7.31. The highest BCUT2D eigenvalue weighted by molar-refractivity contribution is 7.99. The van der Waals surface area contributed by atoms with Crippen molar-refractivity contribution >= 4 is 29.3 Å². The molecule has 22 heavy (non-hydrogen) atoms. The Bertz CT molecular complexity index is 650. The maximum absolute atomic E-state index is 12.5. The quantitative estimate of drug-likeness (QED) is 0.831. The van der Waals surface area contributed by atoms with Gasteiger partial charge in [-0.3, -0.25) is 9.78 Å². The number of amides is 1. The molecule has 1 amide bonds. The van der Waals surface area contributed by atoms with Crippen LogP contribution in [0.25, 0.3) is 0 Å². The van der Waals surface area contributed by atoms with Crippen LogP contribution in [0.15, 0.2) is 48.8 Å². The average Bonchev–Trinajstić information content (AvgIpc) is 2.81. The number of halogens is 1. The summed E-state index contributed by atoms with van der Waals surface area (Å²) in [6.07, 6.45) is 4.24. The van der Waals surface area contributed by atoms with Gasteiger partial charge in [0.15, 0.2) is 0 Å². The molecule has 2 heterocycles. The van der Waals surface area contributed by atoms with Crippen molar-refractivity contribution in [3.8, 4) is 0 Å². The molecule has 1 aliphatic heterocycles. The molecule has 0 N–H and O–H groups in total. The summed E-state index contributed by atoms with van der Waals surface area (Å²) < 4.78 is 0. The fourth-order valence-electron chi connectivity index (χ4n) is 2.64. The molecule has 114 valence electrons. The molecule has 0 radical (unpaired) electrons. The van der Waals surface area contributed by atoms with Crippen molar-refractivity contribution in [1.82, 2.24) is 9.88 Å². The summed E-state index contributed by atoms with van der Waals surface area (Å²) >= 11 is 8.18. The van der Waals surface area contributed by atoms with Crippen LogP contribution >= 0.6 is 23.4 Å². The molecular weight excluding hydrogens is 316 g/mol. The van der Waals surface area contributed by atoms with E-state index in [2.05, 4.69) is 11.1 Å². The topological polar surface area (TPSA) is 33.2 Å². The fourth-order valence-corrected chi connectivity index (χ4v) is 4.23. The van der Waals surface area contributed by atoms with Crippen LogP contribution in [-0.2, 0) is 0 Å². The number of aromatic nitrogens is 1. The van der Waals surface area contributed by atoms with Crippen molar-refractivity contribution in [1.29, 1.82) is 0 Å². The first kappa shape index (κ1) is 15.4. The second-order valence-electron chi connectivity index (χ2n) is 5.20. The van der Waals surface area contributed by atoms with E-state index in [1.54, 1.807) is 24.5 Å². The minimum atomic E-state index is 0.0859. The van der Waals surface area contributed by atoms with E-state index in [0.29, 0.717) is 10.8 Å². The second kappa shape index (κ2) is 7.16. The van der Waals surface area contributed by atoms with Crippen molar-refractivity contribution in [2.75, 3.05) is 18.8 Å². The van der Waals surface area contributed by atoms with Gasteiger partial charge in [0.1, 0.15) is 0 Å². The van der Waals surface area contributed by atoms with Crippen molar-refractivity contribution in [2.24, 2.45) is 0 Å². The fraction of sp³-hybridized carbons (Fsp3) is 0.294. The van der Waals surface area contributed by atoms with E-state index in [4.69, 9.17) is 11.6 Å². The molecule has 5 heteroatoms. The van der Waals surface area contributed by atoms with Gasteiger partial charge in [0, 0.05) is 47.1 Å². The Morgan fingerprint density at radius 2 is 1.95 bits per heavy atom. The first-order valence-corrected chi connectivity index (χ1v) is 8.73. The normalized spacial score (nSPS) is 18.8. The molecule has 3 nitrogen and oxygen atoms in total. The van der Waals surface area contributed by atoms with Crippen LogP contribution in [0.5, 0.6) is 0 Å². The molecule has 0 bridgehead atoms. The van der Waals surface area contributed by atoms with Crippen LogP contribution < -0.4 is 0 Å². The summed E-state index contributed by atoms with van der Waals surface area (Å²) in [5.41, 5.74) is 1.88. The van der Waals surface area contributed by atoms with Crippen LogP contribution in [0, 0.1) is 0 Å². The van der Waals surface area contributed by atoms with E-state index >= 15 is 0 Å². The van der Waals surface area contributed by atoms with Gasteiger partial charge in [0.2, 0.25) is 0 Å². The molecule has 1 saturated heterocycles. The Hall–Kier alpha value is -1.52. The molecule has 0 spiro atoms. The SMILES string of the molecule is O=C(c1ccncc1)N1CCSC(c2ccccc2Cl)CC1. The second-order valence-corrected chi connectivity index (χ2v) is 6.92. The highest BCUT2D eigenvalue weighted by Crippen LogP contribution is 2.37. The molecule has 1 aromatic carbocycles. The number of rotatable bonds is 2. The largest absolute Gasteiger partial charge is 0.338 e. The zero-order chi connectivity index (χ0) is 15.4. The summed E-state index contributed by atoms with van der Waals surface area (Å²) in [7, 11) is 0. The molecule has 2 aromatic rings. The summed E-state index contributed by atoms with van der Waals surface area (Å²) in [5, 5.41) is 1.16. The van der Waals surface area contributed by atoms with E-state index in [9.17, 15) is 4.79 Å². The van der Waals surface area contributed by atoms with Gasteiger partial charge in [0.05, 0.1) is 0 Å². The number of thioether (sulfide) groups is 1. The maximum Gasteiger partial charge on any atom is 0.253 e. The Morgan fingerprint density at radius 1 is 1.18 bits per heavy atom. The van der Waals surface area contributed by atoms with E-state index in [1.807, 2.05) is 34.9 Å². The zero-order valence-electron chi connectivity index (χ0n) is 12.1. The van der Waals surface area contributed by atoms with Crippen LogP contribution in [-0.4, -0.2) is 34.6 Å². The Balaban J connectivity index is 1.70. The smallest absolute Gasteiger partial charge is 0.253 e. The van der Waals surface area contributed by atoms with Crippen molar-refractivity contribution in [2.45, 2.75) is 11.7 Å². The number of nitrogens with zero attached hydrogens (tertiary/aromatic N) is 2. The predicted molar refractivity (Wildman–Crippen MR) is 91.4 cm³/mol. The molecule has 1 aliphatic rings. The molecule has 0 saturated carbocycles. The average molecular weight is 333 g/mol. The van der Waals surface area contributed by atoms with Crippen LogP contribution in [0.3, 0.4) is 0 Å². The van der Waals surface area contributed by atoms with Gasteiger partial charge >= 0.3 is 0 Å². The highest BCUT2D eigenvalue weighted by Gasteiger charge is 2.23. The van der Waals surface area contributed by atoms with Gasteiger partial charge in [0.25, 0.3) is 5.91 Å². The lowest BCUT2D eigenvalue weighted by Gasteiger charge is -2.20. The standard InChI is InChI=1S/C17H17ClN2OS/c18-15-4-2-1-3-14(15)16-7-10-20(11-12-22-16)17(21)13-5-8-19-9-6-13/h1-6,8-9,16H,7,10-12H2. The molecular formula is C17H17ClN2OS. The number of carbonyl (C=O) groups excluding carboxylic acids is 1. The lowest BCUT2D eigenvalue weighted by Crippen LogP contribution is -2.32. The predicted octanol–water partition coefficient (Wildman–Crippen LogP) is 4.06. The van der Waals surface area contributed by atoms with Crippen molar-refractivity contribution < 1.29 is 4.79 Å². The third-order valence-corrected chi connectivity index (χ3v) is 5.46. The minimum absolute atomic E-state index is 0.0859. The summed E-state index contributed by atoms with van der Waals surface area (Å²) in [6, 6.07) is 11.5. The van der Waals surface area contributed by atoms with Crippen molar-refractivity contribution in [3.63, 3.8) is 0 Å². The summed E-state index contributed by atoms with van der Waals surface area (Å²) in [4.78, 5) is 18.4. The Morgan fingerprint density at radius 3 is 2.73 bits per heavy atom. The van der Waals surface area contributed by atoms with Crippen LogP contribution in [0.1, 0.15) is 27.6 Å². The maximum atomic E-state index is 12.5. The van der Waals surface area contributed by atoms with Gasteiger partial charge in [-0.15, -0.1) is 0 Å². The highest BCUT2D eigenvalue weighted by atomic mass is 35.5. The van der Waals surface area contributed by atoms with Gasteiger partial charge in [-0.05, 0) is 30.2 Å². The number of hydrogen-bond acceptors (Lipinski definition) is 3. The molecule has 1 aromatic heterocycles. The number of pyridine rings is 1. The third kappa shape index (κ3) is 3.45. The Labute approximate surface area is 139 Å². The lowest BCUT2D eigenvalue weighted by molar-refractivity contribution is 0.0766. The van der Waals surface area contributed by atoms with E-state index in [0.717, 1.165) is 30.3 Å². The van der Waals surface area contributed by atoms with E-state index in [1.165, 1.54) is 5.56 Å². The molecule has 3 rings (SSSR count). The molecule has 0 aliphatic carbocycles. The van der Waals surface area contributed by atoms with E-state index < -0.39 is 0 Å². The van der Waals surface area contributed by atoms with Gasteiger partial charge in [-0.25, -0.2) is 0 Å². The number of hydrogen-bond donors (Lipinski definition) is 0. The molecule has 1 atom stereocenters. The summed E-state index contributed by atoms with van der Waals surface area (Å²) in [5.74, 6) is 1.01. The zero-order valence-corrected chi connectivity index (χ0v) is 13.7. The van der Waals surface area contributed by atoms with E-state index in [-0.39, 0.29) is 5.91 Å². The van der Waals surface area contributed by atoms with Crippen LogP contribution in [0.2, 0.25) is 5.02 Å². The van der Waals surface area contributed by atoms with Gasteiger partial charge in [-0.2, -0.15) is 11.8 Å².